The van der Waals surface area contributed by atoms with Crippen LogP contribution in [0.1, 0.15) is 24.2 Å². The summed E-state index contributed by atoms with van der Waals surface area (Å²) in [7, 11) is 1.58. The SMILES string of the molecule is CCOc1cc(NC(=S)Nc2ccccc2OC)c(OCC)cc1NC(=O)c1cccc(F)c1. The van der Waals surface area contributed by atoms with Crippen molar-refractivity contribution in [1.82, 2.24) is 0 Å². The zero-order chi connectivity index (χ0) is 24.5. The Morgan fingerprint density at radius 1 is 0.824 bits per heavy atom. The number of ether oxygens (including phenoxy) is 3. The fourth-order valence-electron chi connectivity index (χ4n) is 3.15. The Morgan fingerprint density at radius 2 is 1.44 bits per heavy atom. The van der Waals surface area contributed by atoms with E-state index in [-0.39, 0.29) is 5.56 Å². The van der Waals surface area contributed by atoms with E-state index < -0.39 is 11.7 Å². The fourth-order valence-corrected chi connectivity index (χ4v) is 3.37. The molecular formula is C25H26FN3O4S. The second kappa shape index (κ2) is 11.9. The first-order chi connectivity index (χ1) is 16.4. The Bertz CT molecular complexity index is 1170. The summed E-state index contributed by atoms with van der Waals surface area (Å²) < 4.78 is 30.4. The molecule has 34 heavy (non-hydrogen) atoms. The monoisotopic (exact) mass is 483 g/mol. The number of para-hydroxylation sites is 2. The maximum absolute atomic E-state index is 13.6. The second-order valence-corrected chi connectivity index (χ2v) is 7.36. The van der Waals surface area contributed by atoms with Gasteiger partial charge in [-0.25, -0.2) is 4.39 Å². The van der Waals surface area contributed by atoms with E-state index in [1.165, 1.54) is 18.2 Å². The smallest absolute Gasteiger partial charge is 0.255 e. The van der Waals surface area contributed by atoms with Crippen molar-refractivity contribution in [3.63, 3.8) is 0 Å². The van der Waals surface area contributed by atoms with E-state index in [0.29, 0.717) is 52.6 Å². The Balaban J connectivity index is 1.87. The Morgan fingerprint density at radius 3 is 2.06 bits per heavy atom. The van der Waals surface area contributed by atoms with Crippen LogP contribution < -0.4 is 30.2 Å². The van der Waals surface area contributed by atoms with Crippen LogP contribution in [-0.2, 0) is 0 Å². The Hall–Kier alpha value is -3.85. The third-order valence-corrected chi connectivity index (χ3v) is 4.82. The van der Waals surface area contributed by atoms with Gasteiger partial charge in [-0.3, -0.25) is 4.79 Å². The molecule has 3 aromatic carbocycles. The summed E-state index contributed by atoms with van der Waals surface area (Å²) in [6.45, 7) is 4.42. The quantitative estimate of drug-likeness (QED) is 0.337. The highest BCUT2D eigenvalue weighted by Crippen LogP contribution is 2.37. The van der Waals surface area contributed by atoms with Gasteiger partial charge in [0.25, 0.3) is 5.91 Å². The van der Waals surface area contributed by atoms with Gasteiger partial charge in [0, 0.05) is 17.7 Å². The molecule has 0 fully saturated rings. The normalized spacial score (nSPS) is 10.2. The third-order valence-electron chi connectivity index (χ3n) is 4.62. The molecule has 0 aliphatic heterocycles. The van der Waals surface area contributed by atoms with Gasteiger partial charge in [-0.2, -0.15) is 0 Å². The number of anilines is 3. The maximum Gasteiger partial charge on any atom is 0.255 e. The lowest BCUT2D eigenvalue weighted by molar-refractivity contribution is 0.102. The Labute approximate surface area is 203 Å². The van der Waals surface area contributed by atoms with E-state index in [1.807, 2.05) is 38.1 Å². The van der Waals surface area contributed by atoms with Gasteiger partial charge in [0.15, 0.2) is 5.11 Å². The number of hydrogen-bond acceptors (Lipinski definition) is 5. The van der Waals surface area contributed by atoms with E-state index in [4.69, 9.17) is 26.4 Å². The van der Waals surface area contributed by atoms with Gasteiger partial charge in [0.2, 0.25) is 0 Å². The molecule has 0 heterocycles. The molecule has 178 valence electrons. The van der Waals surface area contributed by atoms with Crippen molar-refractivity contribution in [2.75, 3.05) is 36.3 Å². The molecule has 0 aliphatic rings. The number of thiocarbonyl (C=S) groups is 1. The number of amides is 1. The van der Waals surface area contributed by atoms with Gasteiger partial charge in [-0.05, 0) is 56.4 Å². The fraction of sp³-hybridized carbons (Fsp3) is 0.200. The number of carbonyl (C=O) groups excluding carboxylic acids is 1. The van der Waals surface area contributed by atoms with E-state index in [0.717, 1.165) is 6.07 Å². The standard InChI is InChI=1S/C25H26FN3O4S/c1-4-32-22-15-20(29-25(34)28-18-11-6-7-12-21(18)31-3)23(33-5-2)14-19(22)27-24(30)16-9-8-10-17(26)13-16/h6-15H,4-5H2,1-3H3,(H,27,30)(H2,28,29,34). The predicted molar refractivity (Wildman–Crippen MR) is 136 cm³/mol. The first kappa shape index (κ1) is 24.8. The molecule has 0 radical (unpaired) electrons. The highest BCUT2D eigenvalue weighted by molar-refractivity contribution is 7.80. The molecular weight excluding hydrogens is 457 g/mol. The van der Waals surface area contributed by atoms with Gasteiger partial charge < -0.3 is 30.2 Å². The van der Waals surface area contributed by atoms with Crippen LogP contribution in [0.4, 0.5) is 21.5 Å². The average molecular weight is 484 g/mol. The van der Waals surface area contributed by atoms with Crippen LogP contribution >= 0.6 is 12.2 Å². The van der Waals surface area contributed by atoms with E-state index >= 15 is 0 Å². The molecule has 0 aromatic heterocycles. The summed E-state index contributed by atoms with van der Waals surface area (Å²) in [6, 6.07) is 16.1. The molecule has 0 spiro atoms. The van der Waals surface area contributed by atoms with Crippen molar-refractivity contribution in [2.24, 2.45) is 0 Å². The summed E-state index contributed by atoms with van der Waals surface area (Å²) in [5, 5.41) is 9.29. The molecule has 0 saturated carbocycles. The van der Waals surface area contributed by atoms with Crippen LogP contribution in [0.3, 0.4) is 0 Å². The molecule has 0 saturated heterocycles. The van der Waals surface area contributed by atoms with E-state index in [1.54, 1.807) is 19.2 Å². The minimum Gasteiger partial charge on any atom is -0.495 e. The van der Waals surface area contributed by atoms with Gasteiger partial charge >= 0.3 is 0 Å². The number of methoxy groups -OCH3 is 1. The molecule has 3 rings (SSSR count). The van der Waals surface area contributed by atoms with Gasteiger partial charge in [0.1, 0.15) is 23.1 Å². The van der Waals surface area contributed by atoms with Crippen LogP contribution in [-0.4, -0.2) is 31.3 Å². The van der Waals surface area contributed by atoms with Crippen LogP contribution in [0.5, 0.6) is 17.2 Å². The van der Waals surface area contributed by atoms with Gasteiger partial charge in [-0.15, -0.1) is 0 Å². The molecule has 1 amide bonds. The number of nitrogens with one attached hydrogen (secondary N) is 3. The summed E-state index contributed by atoms with van der Waals surface area (Å²) in [5.74, 6) is 0.519. The van der Waals surface area contributed by atoms with Crippen LogP contribution in [0.25, 0.3) is 0 Å². The largest absolute Gasteiger partial charge is 0.495 e. The molecule has 0 bridgehead atoms. The number of hydrogen-bond donors (Lipinski definition) is 3. The van der Waals surface area contributed by atoms with Crippen LogP contribution in [0.15, 0.2) is 60.7 Å². The number of benzene rings is 3. The topological polar surface area (TPSA) is 80.8 Å². The summed E-state index contributed by atoms with van der Waals surface area (Å²) in [5.41, 5.74) is 1.81. The second-order valence-electron chi connectivity index (χ2n) is 6.95. The van der Waals surface area contributed by atoms with Crippen molar-refractivity contribution in [3.8, 4) is 17.2 Å². The lowest BCUT2D eigenvalue weighted by Gasteiger charge is -2.19. The molecule has 3 N–H and O–H groups in total. The van der Waals surface area contributed by atoms with Crippen molar-refractivity contribution in [1.29, 1.82) is 0 Å². The highest BCUT2D eigenvalue weighted by atomic mass is 32.1. The molecule has 9 heteroatoms. The molecule has 0 atom stereocenters. The lowest BCUT2D eigenvalue weighted by Crippen LogP contribution is -2.20. The summed E-state index contributed by atoms with van der Waals surface area (Å²) in [6.07, 6.45) is 0. The minimum atomic E-state index is -0.497. The third kappa shape index (κ3) is 6.35. The van der Waals surface area contributed by atoms with Crippen molar-refractivity contribution in [2.45, 2.75) is 13.8 Å². The van der Waals surface area contributed by atoms with Crippen molar-refractivity contribution in [3.05, 3.63) is 72.0 Å². The van der Waals surface area contributed by atoms with Crippen molar-refractivity contribution >= 4 is 40.3 Å². The maximum atomic E-state index is 13.6. The van der Waals surface area contributed by atoms with Crippen LogP contribution in [0, 0.1) is 5.82 Å². The van der Waals surface area contributed by atoms with Gasteiger partial charge in [-0.1, -0.05) is 18.2 Å². The number of carbonyl (C=O) groups is 1. The zero-order valence-corrected chi connectivity index (χ0v) is 19.9. The van der Waals surface area contributed by atoms with Crippen molar-refractivity contribution < 1.29 is 23.4 Å². The molecule has 3 aromatic rings. The van der Waals surface area contributed by atoms with E-state index in [9.17, 15) is 9.18 Å². The first-order valence-corrected chi connectivity index (χ1v) is 11.1. The number of halogens is 1. The molecule has 7 nitrogen and oxygen atoms in total. The molecule has 0 aliphatic carbocycles. The predicted octanol–water partition coefficient (Wildman–Crippen LogP) is 5.69. The zero-order valence-electron chi connectivity index (χ0n) is 19.1. The molecule has 0 unspecified atom stereocenters. The summed E-state index contributed by atoms with van der Waals surface area (Å²) in [4.78, 5) is 12.7. The minimum absolute atomic E-state index is 0.185. The van der Waals surface area contributed by atoms with Crippen LogP contribution in [0.2, 0.25) is 0 Å². The average Bonchev–Trinajstić information content (AvgIpc) is 2.82. The van der Waals surface area contributed by atoms with E-state index in [2.05, 4.69) is 16.0 Å². The van der Waals surface area contributed by atoms with Gasteiger partial charge in [0.05, 0.1) is 37.4 Å². The number of rotatable bonds is 9. The highest BCUT2D eigenvalue weighted by Gasteiger charge is 2.17. The lowest BCUT2D eigenvalue weighted by atomic mass is 10.2. The Kier molecular flexibility index (Phi) is 8.64. The summed E-state index contributed by atoms with van der Waals surface area (Å²) >= 11 is 5.48. The first-order valence-electron chi connectivity index (χ1n) is 10.7.